The molecule has 1 aromatic carbocycles. The third-order valence-corrected chi connectivity index (χ3v) is 5.73. The molecule has 0 spiro atoms. The number of hydrogen-bond acceptors (Lipinski definition) is 6. The number of thiazole rings is 1. The number of rotatable bonds is 3. The summed E-state index contributed by atoms with van der Waals surface area (Å²) in [5.74, 6) is 0. The van der Waals surface area contributed by atoms with Gasteiger partial charge in [0.25, 0.3) is 0 Å². The lowest BCUT2D eigenvalue weighted by molar-refractivity contribution is 0.0398. The largest absolute Gasteiger partial charge is 0.370 e. The summed E-state index contributed by atoms with van der Waals surface area (Å²) in [5.41, 5.74) is 1.10. The van der Waals surface area contributed by atoms with E-state index >= 15 is 0 Å². The Morgan fingerprint density at radius 1 is 1.33 bits per heavy atom. The second kappa shape index (κ2) is 5.72. The summed E-state index contributed by atoms with van der Waals surface area (Å²) in [7, 11) is -3.69. The minimum absolute atomic E-state index is 0.0400. The highest BCUT2D eigenvalue weighted by atomic mass is 32.2. The van der Waals surface area contributed by atoms with Crippen molar-refractivity contribution in [3.63, 3.8) is 0 Å². The summed E-state index contributed by atoms with van der Waals surface area (Å²) in [6, 6.07) is 9.95. The van der Waals surface area contributed by atoms with Crippen LogP contribution in [0.3, 0.4) is 0 Å². The van der Waals surface area contributed by atoms with Crippen molar-refractivity contribution in [1.82, 2.24) is 4.98 Å². The standard InChI is InChI=1S/C13H15N3O3S2/c14-21(17,18)12-8-15-13(20-12)16-6-7-19-11(9-16)10-4-2-1-3-5-10/h1-5,8,11H,6-7,9H2,(H2,14,17,18). The number of nitrogens with zero attached hydrogens (tertiary/aromatic N) is 2. The van der Waals surface area contributed by atoms with Crippen molar-refractivity contribution in [2.75, 3.05) is 24.6 Å². The van der Waals surface area contributed by atoms with E-state index in [0.717, 1.165) is 16.9 Å². The van der Waals surface area contributed by atoms with Gasteiger partial charge < -0.3 is 9.64 Å². The van der Waals surface area contributed by atoms with Crippen LogP contribution in [0.2, 0.25) is 0 Å². The monoisotopic (exact) mass is 325 g/mol. The van der Waals surface area contributed by atoms with Crippen LogP contribution in [0, 0.1) is 0 Å². The lowest BCUT2D eigenvalue weighted by atomic mass is 10.1. The smallest absolute Gasteiger partial charge is 0.249 e. The molecule has 2 heterocycles. The van der Waals surface area contributed by atoms with Crippen LogP contribution in [0.25, 0.3) is 0 Å². The molecule has 0 aliphatic carbocycles. The number of ether oxygens (including phenoxy) is 1. The summed E-state index contributed by atoms with van der Waals surface area (Å²) < 4.78 is 28.5. The van der Waals surface area contributed by atoms with E-state index in [4.69, 9.17) is 9.88 Å². The number of morpholine rings is 1. The van der Waals surface area contributed by atoms with Crippen LogP contribution < -0.4 is 10.0 Å². The van der Waals surface area contributed by atoms with Gasteiger partial charge in [0.2, 0.25) is 10.0 Å². The van der Waals surface area contributed by atoms with E-state index in [1.54, 1.807) is 0 Å². The molecule has 0 bridgehead atoms. The molecule has 1 atom stereocenters. The van der Waals surface area contributed by atoms with E-state index in [2.05, 4.69) is 4.98 Å². The van der Waals surface area contributed by atoms with Gasteiger partial charge in [-0.3, -0.25) is 0 Å². The first-order chi connectivity index (χ1) is 10.0. The average molecular weight is 325 g/mol. The highest BCUT2D eigenvalue weighted by molar-refractivity contribution is 7.91. The second-order valence-corrected chi connectivity index (χ2v) is 7.52. The maximum absolute atomic E-state index is 11.3. The first kappa shape index (κ1) is 14.5. The average Bonchev–Trinajstić information content (AvgIpc) is 2.98. The second-order valence-electron chi connectivity index (χ2n) is 4.72. The van der Waals surface area contributed by atoms with Gasteiger partial charge in [-0.1, -0.05) is 41.7 Å². The van der Waals surface area contributed by atoms with Gasteiger partial charge in [0.1, 0.15) is 6.10 Å². The fraction of sp³-hybridized carbons (Fsp3) is 0.308. The maximum Gasteiger partial charge on any atom is 0.249 e. The van der Waals surface area contributed by atoms with Crippen LogP contribution in [0.15, 0.2) is 40.7 Å². The summed E-state index contributed by atoms with van der Waals surface area (Å²) in [6.45, 7) is 1.90. The molecule has 1 aromatic heterocycles. The molecule has 1 saturated heterocycles. The number of hydrogen-bond donors (Lipinski definition) is 1. The lowest BCUT2D eigenvalue weighted by Gasteiger charge is -2.32. The fourth-order valence-electron chi connectivity index (χ4n) is 2.22. The number of primary sulfonamides is 1. The van der Waals surface area contributed by atoms with Gasteiger partial charge in [0.15, 0.2) is 9.34 Å². The molecule has 1 aliphatic heterocycles. The Labute approximate surface area is 127 Å². The normalized spacial score (nSPS) is 19.7. The topological polar surface area (TPSA) is 85.5 Å². The van der Waals surface area contributed by atoms with E-state index in [-0.39, 0.29) is 10.3 Å². The first-order valence-electron chi connectivity index (χ1n) is 6.44. The minimum Gasteiger partial charge on any atom is -0.370 e. The summed E-state index contributed by atoms with van der Waals surface area (Å²) >= 11 is 1.09. The Balaban J connectivity index is 1.79. The zero-order chi connectivity index (χ0) is 14.9. The van der Waals surface area contributed by atoms with Crippen LogP contribution in [0.1, 0.15) is 11.7 Å². The molecular formula is C13H15N3O3S2. The number of aromatic nitrogens is 1. The van der Waals surface area contributed by atoms with Crippen molar-refractivity contribution in [3.8, 4) is 0 Å². The van der Waals surface area contributed by atoms with Gasteiger partial charge in [-0.05, 0) is 5.56 Å². The molecule has 6 nitrogen and oxygen atoms in total. The zero-order valence-corrected chi connectivity index (χ0v) is 12.8. The van der Waals surface area contributed by atoms with Gasteiger partial charge in [0, 0.05) is 6.54 Å². The summed E-state index contributed by atoms with van der Waals surface area (Å²) in [6.07, 6.45) is 1.27. The molecule has 112 valence electrons. The lowest BCUT2D eigenvalue weighted by Crippen LogP contribution is -2.38. The Bertz CT molecular complexity index is 715. The molecule has 1 fully saturated rings. The van der Waals surface area contributed by atoms with Crippen molar-refractivity contribution >= 4 is 26.5 Å². The SMILES string of the molecule is NS(=O)(=O)c1cnc(N2CCOC(c3ccccc3)C2)s1. The molecule has 21 heavy (non-hydrogen) atoms. The minimum atomic E-state index is -3.69. The Hall–Kier alpha value is -1.48. The summed E-state index contributed by atoms with van der Waals surface area (Å²) in [4.78, 5) is 6.19. The van der Waals surface area contributed by atoms with Crippen molar-refractivity contribution in [2.45, 2.75) is 10.3 Å². The van der Waals surface area contributed by atoms with Crippen LogP contribution in [-0.2, 0) is 14.8 Å². The molecule has 2 N–H and O–H groups in total. The molecule has 3 rings (SSSR count). The van der Waals surface area contributed by atoms with Gasteiger partial charge in [-0.2, -0.15) is 0 Å². The zero-order valence-electron chi connectivity index (χ0n) is 11.2. The first-order valence-corrected chi connectivity index (χ1v) is 8.80. The third-order valence-electron chi connectivity index (χ3n) is 3.26. The third kappa shape index (κ3) is 3.24. The van der Waals surface area contributed by atoms with E-state index in [1.807, 2.05) is 35.2 Å². The molecule has 0 amide bonds. The van der Waals surface area contributed by atoms with E-state index in [0.29, 0.717) is 24.8 Å². The molecular weight excluding hydrogens is 310 g/mol. The van der Waals surface area contributed by atoms with Crippen LogP contribution in [0.5, 0.6) is 0 Å². The van der Waals surface area contributed by atoms with Crippen molar-refractivity contribution in [3.05, 3.63) is 42.1 Å². The van der Waals surface area contributed by atoms with Gasteiger partial charge in [-0.25, -0.2) is 18.5 Å². The molecule has 0 radical (unpaired) electrons. The molecule has 2 aromatic rings. The van der Waals surface area contributed by atoms with Gasteiger partial charge in [0.05, 0.1) is 19.3 Å². The predicted octanol–water partition coefficient (Wildman–Crippen LogP) is 1.37. The van der Waals surface area contributed by atoms with Crippen molar-refractivity contribution in [1.29, 1.82) is 0 Å². The highest BCUT2D eigenvalue weighted by Gasteiger charge is 2.25. The molecule has 8 heteroatoms. The van der Waals surface area contributed by atoms with E-state index in [9.17, 15) is 8.42 Å². The highest BCUT2D eigenvalue weighted by Crippen LogP contribution is 2.30. The van der Waals surface area contributed by atoms with Crippen molar-refractivity contribution in [2.24, 2.45) is 5.14 Å². The quantitative estimate of drug-likeness (QED) is 0.921. The fourth-order valence-corrected chi connectivity index (χ4v) is 3.79. The molecule has 1 aliphatic rings. The maximum atomic E-state index is 11.3. The number of nitrogens with two attached hydrogens (primary N) is 1. The van der Waals surface area contributed by atoms with Crippen LogP contribution in [0.4, 0.5) is 5.13 Å². The molecule has 1 unspecified atom stereocenters. The van der Waals surface area contributed by atoms with Gasteiger partial charge in [-0.15, -0.1) is 0 Å². The Morgan fingerprint density at radius 3 is 2.76 bits per heavy atom. The number of benzene rings is 1. The van der Waals surface area contributed by atoms with Crippen LogP contribution >= 0.6 is 11.3 Å². The molecule has 0 saturated carbocycles. The van der Waals surface area contributed by atoms with E-state index < -0.39 is 10.0 Å². The van der Waals surface area contributed by atoms with Crippen LogP contribution in [-0.4, -0.2) is 33.1 Å². The number of anilines is 1. The Kier molecular flexibility index (Phi) is 3.94. The Morgan fingerprint density at radius 2 is 2.10 bits per heavy atom. The van der Waals surface area contributed by atoms with Crippen molar-refractivity contribution < 1.29 is 13.2 Å². The number of sulfonamides is 1. The predicted molar refractivity (Wildman–Crippen MR) is 80.8 cm³/mol. The van der Waals surface area contributed by atoms with Gasteiger partial charge >= 0.3 is 0 Å². The van der Waals surface area contributed by atoms with E-state index in [1.165, 1.54) is 6.20 Å². The summed E-state index contributed by atoms with van der Waals surface area (Å²) in [5, 5.41) is 5.77.